The fourth-order valence-corrected chi connectivity index (χ4v) is 6.91. The number of hydrogen-bond acceptors (Lipinski definition) is 3. The summed E-state index contributed by atoms with van der Waals surface area (Å²) in [5.74, 6) is 0.796. The minimum atomic E-state index is 0.796. The van der Waals surface area contributed by atoms with Crippen LogP contribution in [0.4, 0.5) is 0 Å². The molecule has 0 amide bonds. The smallest absolute Gasteiger partial charge is 0.128 e. The fourth-order valence-electron chi connectivity index (χ4n) is 5.79. The van der Waals surface area contributed by atoms with Crippen molar-refractivity contribution in [1.82, 2.24) is 14.5 Å². The largest absolute Gasteiger partial charge is 0.309 e. The molecule has 0 N–H and O–H groups in total. The molecule has 8 aromatic rings. The Labute approximate surface area is 229 Å². The molecule has 4 heteroatoms. The number of rotatable bonds is 3. The van der Waals surface area contributed by atoms with Crippen LogP contribution in [-0.2, 0) is 0 Å². The Morgan fingerprint density at radius 3 is 2.18 bits per heavy atom. The lowest BCUT2D eigenvalue weighted by Crippen LogP contribution is -1.93. The molecule has 3 nitrogen and oxygen atoms in total. The molecular weight excluding hydrogens is 494 g/mol. The van der Waals surface area contributed by atoms with Crippen molar-refractivity contribution in [2.24, 2.45) is 0 Å². The number of fused-ring (bicyclic) bond motifs is 6. The van der Waals surface area contributed by atoms with Gasteiger partial charge < -0.3 is 4.57 Å². The summed E-state index contributed by atoms with van der Waals surface area (Å²) >= 11 is 1.73. The zero-order valence-corrected chi connectivity index (χ0v) is 22.1. The van der Waals surface area contributed by atoms with E-state index >= 15 is 0 Å². The summed E-state index contributed by atoms with van der Waals surface area (Å²) in [6.45, 7) is 1.98. The SMILES string of the molecule is Cc1nc(-c2cccc(-c3ccc4c(c3)c3ccccc3n4-c3ccccc3)c2)c2c(n1)sc1ccccc12. The lowest BCUT2D eigenvalue weighted by Gasteiger charge is -2.09. The standard InChI is InChI=1S/C35H23N3S/c1-22-36-34(33-28-15-6-8-17-32(28)39-35(33)37-22)25-11-9-10-23(20-25)24-18-19-31-29(21-24)27-14-5-7-16-30(27)38(31)26-12-3-2-4-13-26/h2-21H,1H3. The van der Waals surface area contributed by atoms with E-state index in [1.165, 1.54) is 48.7 Å². The van der Waals surface area contributed by atoms with Crippen molar-refractivity contribution in [2.75, 3.05) is 0 Å². The normalized spacial score (nSPS) is 11.7. The lowest BCUT2D eigenvalue weighted by atomic mass is 9.98. The number of aromatic nitrogens is 3. The first kappa shape index (κ1) is 22.2. The van der Waals surface area contributed by atoms with Gasteiger partial charge in [-0.05, 0) is 60.5 Å². The van der Waals surface area contributed by atoms with Crippen molar-refractivity contribution in [1.29, 1.82) is 0 Å². The van der Waals surface area contributed by atoms with Crippen molar-refractivity contribution >= 4 is 53.4 Å². The molecule has 3 heterocycles. The highest BCUT2D eigenvalue weighted by Crippen LogP contribution is 2.40. The number of thiophene rings is 1. The number of nitrogens with zero attached hydrogens (tertiary/aromatic N) is 3. The maximum absolute atomic E-state index is 4.95. The van der Waals surface area contributed by atoms with E-state index in [1.807, 2.05) is 6.92 Å². The maximum Gasteiger partial charge on any atom is 0.128 e. The van der Waals surface area contributed by atoms with Gasteiger partial charge in [-0.3, -0.25) is 0 Å². The predicted molar refractivity (Wildman–Crippen MR) is 165 cm³/mol. The molecule has 8 rings (SSSR count). The molecule has 0 saturated heterocycles. The summed E-state index contributed by atoms with van der Waals surface area (Å²) in [6.07, 6.45) is 0. The topological polar surface area (TPSA) is 30.7 Å². The van der Waals surface area contributed by atoms with Gasteiger partial charge in [-0.25, -0.2) is 9.97 Å². The van der Waals surface area contributed by atoms with Gasteiger partial charge in [-0.15, -0.1) is 11.3 Å². The van der Waals surface area contributed by atoms with E-state index < -0.39 is 0 Å². The third kappa shape index (κ3) is 3.49. The third-order valence-corrected chi connectivity index (χ3v) is 8.57. The Morgan fingerprint density at radius 1 is 0.564 bits per heavy atom. The summed E-state index contributed by atoms with van der Waals surface area (Å²) < 4.78 is 3.59. The number of aryl methyl sites for hydroxylation is 1. The van der Waals surface area contributed by atoms with E-state index in [9.17, 15) is 0 Å². The Hall–Kier alpha value is -4.80. The van der Waals surface area contributed by atoms with Crippen LogP contribution in [0.25, 0.3) is 70.2 Å². The van der Waals surface area contributed by atoms with E-state index in [1.54, 1.807) is 11.3 Å². The second-order valence-corrected chi connectivity index (χ2v) is 10.9. The monoisotopic (exact) mass is 517 g/mol. The summed E-state index contributed by atoms with van der Waals surface area (Å²) in [5.41, 5.74) is 8.07. The number of para-hydroxylation sites is 2. The van der Waals surface area contributed by atoms with Crippen molar-refractivity contribution in [3.63, 3.8) is 0 Å². The zero-order valence-electron chi connectivity index (χ0n) is 21.3. The van der Waals surface area contributed by atoms with Crippen LogP contribution in [0.15, 0.2) is 121 Å². The first-order valence-electron chi connectivity index (χ1n) is 13.1. The summed E-state index contributed by atoms with van der Waals surface area (Å²) in [7, 11) is 0. The van der Waals surface area contributed by atoms with Crippen LogP contribution >= 0.6 is 11.3 Å². The molecule has 5 aromatic carbocycles. The van der Waals surface area contributed by atoms with Crippen molar-refractivity contribution < 1.29 is 0 Å². The van der Waals surface area contributed by atoms with Gasteiger partial charge in [-0.1, -0.05) is 78.9 Å². The second kappa shape index (κ2) is 8.62. The molecule has 0 fully saturated rings. The van der Waals surface area contributed by atoms with Gasteiger partial charge in [0, 0.05) is 37.5 Å². The highest BCUT2D eigenvalue weighted by Gasteiger charge is 2.16. The molecule has 0 saturated carbocycles. The second-order valence-electron chi connectivity index (χ2n) is 9.90. The maximum atomic E-state index is 4.95. The van der Waals surface area contributed by atoms with Crippen molar-refractivity contribution in [2.45, 2.75) is 6.92 Å². The average Bonchev–Trinajstić information content (AvgIpc) is 3.52. The van der Waals surface area contributed by atoms with Crippen LogP contribution in [0.2, 0.25) is 0 Å². The molecule has 0 aliphatic heterocycles. The van der Waals surface area contributed by atoms with E-state index in [0.717, 1.165) is 27.3 Å². The molecule has 0 spiro atoms. The van der Waals surface area contributed by atoms with Gasteiger partial charge in [0.05, 0.1) is 16.7 Å². The third-order valence-electron chi connectivity index (χ3n) is 7.51. The molecule has 0 aliphatic carbocycles. The van der Waals surface area contributed by atoms with Gasteiger partial charge in [0.25, 0.3) is 0 Å². The predicted octanol–water partition coefficient (Wildman–Crippen LogP) is 9.58. The van der Waals surface area contributed by atoms with E-state index in [2.05, 4.69) is 126 Å². The Balaban J connectivity index is 1.33. The van der Waals surface area contributed by atoms with Crippen molar-refractivity contribution in [3.05, 3.63) is 127 Å². The number of benzene rings is 5. The number of hydrogen-bond donors (Lipinski definition) is 0. The average molecular weight is 518 g/mol. The van der Waals surface area contributed by atoms with Crippen LogP contribution in [0.3, 0.4) is 0 Å². The highest BCUT2D eigenvalue weighted by atomic mass is 32.1. The van der Waals surface area contributed by atoms with Crippen LogP contribution in [0, 0.1) is 6.92 Å². The lowest BCUT2D eigenvalue weighted by molar-refractivity contribution is 1.10. The van der Waals surface area contributed by atoms with E-state index in [4.69, 9.17) is 9.97 Å². The Kier molecular flexibility index (Phi) is 4.91. The highest BCUT2D eigenvalue weighted by molar-refractivity contribution is 7.25. The molecule has 39 heavy (non-hydrogen) atoms. The molecule has 0 bridgehead atoms. The molecule has 0 unspecified atom stereocenters. The van der Waals surface area contributed by atoms with E-state index in [0.29, 0.717) is 0 Å². The summed E-state index contributed by atoms with van der Waals surface area (Å²) in [6, 6.07) is 43.4. The van der Waals surface area contributed by atoms with Crippen molar-refractivity contribution in [3.8, 4) is 28.1 Å². The van der Waals surface area contributed by atoms with Crippen LogP contribution in [-0.4, -0.2) is 14.5 Å². The van der Waals surface area contributed by atoms with Gasteiger partial charge in [0.2, 0.25) is 0 Å². The zero-order chi connectivity index (χ0) is 25.9. The van der Waals surface area contributed by atoms with Gasteiger partial charge in [0.1, 0.15) is 10.7 Å². The molecule has 184 valence electrons. The van der Waals surface area contributed by atoms with Crippen LogP contribution in [0.5, 0.6) is 0 Å². The molecule has 0 radical (unpaired) electrons. The summed E-state index contributed by atoms with van der Waals surface area (Å²) in [5, 5.41) is 4.86. The minimum absolute atomic E-state index is 0.796. The summed E-state index contributed by atoms with van der Waals surface area (Å²) in [4.78, 5) is 10.8. The molecule has 0 atom stereocenters. The first-order valence-corrected chi connectivity index (χ1v) is 13.9. The Bertz CT molecular complexity index is 2190. The van der Waals surface area contributed by atoms with Crippen LogP contribution < -0.4 is 0 Å². The first-order chi connectivity index (χ1) is 19.2. The van der Waals surface area contributed by atoms with Gasteiger partial charge in [0.15, 0.2) is 0 Å². The fraction of sp³-hybridized carbons (Fsp3) is 0.0286. The van der Waals surface area contributed by atoms with E-state index in [-0.39, 0.29) is 0 Å². The molecule has 0 aliphatic rings. The van der Waals surface area contributed by atoms with Gasteiger partial charge >= 0.3 is 0 Å². The molecular formula is C35H23N3S. The van der Waals surface area contributed by atoms with Gasteiger partial charge in [-0.2, -0.15) is 0 Å². The van der Waals surface area contributed by atoms with Crippen LogP contribution in [0.1, 0.15) is 5.82 Å². The Morgan fingerprint density at radius 2 is 1.28 bits per heavy atom. The molecule has 3 aromatic heterocycles. The quantitative estimate of drug-likeness (QED) is 0.234. The minimum Gasteiger partial charge on any atom is -0.309 e.